The van der Waals surface area contributed by atoms with E-state index in [0.717, 1.165) is 45.2 Å². The van der Waals surface area contributed by atoms with Crippen molar-refractivity contribution in [1.82, 2.24) is 4.90 Å². The van der Waals surface area contributed by atoms with E-state index >= 15 is 0 Å². The topological polar surface area (TPSA) is 69.7 Å². The molecule has 0 radical (unpaired) electrons. The molecule has 2 aliphatic carbocycles. The Morgan fingerprint density at radius 2 is 1.72 bits per heavy atom. The van der Waals surface area contributed by atoms with E-state index < -0.39 is 0 Å². The Balaban J connectivity index is 1.18. The molecule has 4 fully saturated rings. The fourth-order valence-corrected chi connectivity index (χ4v) is 5.93. The summed E-state index contributed by atoms with van der Waals surface area (Å²) >= 11 is 0. The smallest absolute Gasteiger partial charge is 0.233 e. The molecular weight excluding hydrogens is 373 g/mol. The minimum absolute atomic E-state index is 0.0295. The summed E-state index contributed by atoms with van der Waals surface area (Å²) in [6.45, 7) is 1.80. The van der Waals surface area contributed by atoms with E-state index in [-0.39, 0.29) is 48.3 Å². The molecule has 3 amide bonds. The van der Waals surface area contributed by atoms with Crippen LogP contribution in [0.5, 0.6) is 0 Å². The highest BCUT2D eigenvalue weighted by molar-refractivity contribution is 6.06. The van der Waals surface area contributed by atoms with Crippen molar-refractivity contribution in [2.24, 2.45) is 23.7 Å². The Kier molecular flexibility index (Phi) is 4.56. The third kappa shape index (κ3) is 3.11. The van der Waals surface area contributed by atoms with Crippen molar-refractivity contribution in [3.63, 3.8) is 0 Å². The lowest BCUT2D eigenvalue weighted by molar-refractivity contribution is -0.140. The van der Waals surface area contributed by atoms with Crippen LogP contribution in [-0.4, -0.2) is 42.3 Å². The Morgan fingerprint density at radius 1 is 1.07 bits per heavy atom. The van der Waals surface area contributed by atoms with Gasteiger partial charge in [0, 0.05) is 31.7 Å². The van der Waals surface area contributed by atoms with Gasteiger partial charge in [-0.15, -0.1) is 0 Å². The first kappa shape index (κ1) is 18.6. The van der Waals surface area contributed by atoms with Crippen molar-refractivity contribution >= 4 is 29.1 Å². The number of nitrogens with zero attached hydrogens (tertiary/aromatic N) is 2. The van der Waals surface area contributed by atoms with Gasteiger partial charge in [0.2, 0.25) is 17.7 Å². The quantitative estimate of drug-likeness (QED) is 0.773. The van der Waals surface area contributed by atoms with E-state index in [1.807, 2.05) is 4.90 Å². The number of likely N-dealkylation sites (tertiary alicyclic amines) is 1. The van der Waals surface area contributed by atoms with E-state index in [2.05, 4.69) is 5.32 Å². The van der Waals surface area contributed by atoms with Crippen molar-refractivity contribution in [1.29, 1.82) is 0 Å². The van der Waals surface area contributed by atoms with Crippen LogP contribution in [0, 0.1) is 29.5 Å². The number of nitrogens with one attached hydrogen (secondary N) is 1. The average molecular weight is 399 g/mol. The maximum atomic E-state index is 14.4. The van der Waals surface area contributed by atoms with Gasteiger partial charge in [0.1, 0.15) is 5.82 Å². The molecule has 4 aliphatic rings. The van der Waals surface area contributed by atoms with Gasteiger partial charge >= 0.3 is 0 Å². The van der Waals surface area contributed by atoms with Crippen LogP contribution in [0.15, 0.2) is 18.2 Å². The van der Waals surface area contributed by atoms with Crippen LogP contribution >= 0.6 is 0 Å². The van der Waals surface area contributed by atoms with Crippen LogP contribution in [0.4, 0.5) is 15.8 Å². The van der Waals surface area contributed by atoms with Gasteiger partial charge in [-0.3, -0.25) is 19.3 Å². The zero-order valence-electron chi connectivity index (χ0n) is 16.4. The van der Waals surface area contributed by atoms with Gasteiger partial charge in [-0.1, -0.05) is 0 Å². The minimum atomic E-state index is -0.349. The number of hydrogen-bond acceptors (Lipinski definition) is 4. The Hall–Kier alpha value is -2.44. The van der Waals surface area contributed by atoms with Crippen LogP contribution in [0.25, 0.3) is 0 Å². The molecule has 5 rings (SSSR count). The van der Waals surface area contributed by atoms with Crippen molar-refractivity contribution < 1.29 is 18.8 Å². The summed E-state index contributed by atoms with van der Waals surface area (Å²) in [5.41, 5.74) is 0.958. The molecule has 1 aromatic carbocycles. The molecule has 6 nitrogen and oxygen atoms in total. The van der Waals surface area contributed by atoms with E-state index in [0.29, 0.717) is 23.2 Å². The van der Waals surface area contributed by atoms with Gasteiger partial charge in [-0.25, -0.2) is 4.39 Å². The predicted molar refractivity (Wildman–Crippen MR) is 106 cm³/mol. The molecule has 2 heterocycles. The lowest BCUT2D eigenvalue weighted by atomic mass is 9.81. The van der Waals surface area contributed by atoms with Gasteiger partial charge in [-0.05, 0) is 62.1 Å². The number of benzene rings is 1. The molecule has 1 N–H and O–H groups in total. The second kappa shape index (κ2) is 7.11. The lowest BCUT2D eigenvalue weighted by Crippen LogP contribution is -2.35. The van der Waals surface area contributed by atoms with Crippen molar-refractivity contribution in [2.45, 2.75) is 38.5 Å². The fourth-order valence-electron chi connectivity index (χ4n) is 5.93. The Labute approximate surface area is 169 Å². The Morgan fingerprint density at radius 3 is 2.34 bits per heavy atom. The van der Waals surface area contributed by atoms with Crippen molar-refractivity contribution in [3.8, 4) is 0 Å². The normalized spacial score (nSPS) is 30.4. The van der Waals surface area contributed by atoms with E-state index in [1.165, 1.54) is 11.0 Å². The monoisotopic (exact) mass is 399 g/mol. The number of carbonyl (C=O) groups excluding carboxylic acids is 3. The molecule has 154 valence electrons. The number of amides is 3. The first-order chi connectivity index (χ1) is 14.0. The molecule has 0 unspecified atom stereocenters. The van der Waals surface area contributed by atoms with E-state index in [1.54, 1.807) is 12.1 Å². The summed E-state index contributed by atoms with van der Waals surface area (Å²) < 4.78 is 14.4. The number of hydrogen-bond donors (Lipinski definition) is 1. The summed E-state index contributed by atoms with van der Waals surface area (Å²) in [4.78, 5) is 41.0. The summed E-state index contributed by atoms with van der Waals surface area (Å²) in [5.74, 6) is -0.485. The fraction of sp³-hybridized carbons (Fsp3) is 0.591. The van der Waals surface area contributed by atoms with Crippen molar-refractivity contribution in [3.05, 3.63) is 24.0 Å². The molecule has 2 bridgehead atoms. The van der Waals surface area contributed by atoms with Crippen LogP contribution in [-0.2, 0) is 14.4 Å². The predicted octanol–water partition coefficient (Wildman–Crippen LogP) is 2.79. The largest absolute Gasteiger partial charge is 0.369 e. The summed E-state index contributed by atoms with van der Waals surface area (Å²) in [6, 6.07) is 4.73. The van der Waals surface area contributed by atoms with E-state index in [4.69, 9.17) is 0 Å². The molecule has 0 aromatic heterocycles. The van der Waals surface area contributed by atoms with E-state index in [9.17, 15) is 18.8 Å². The maximum absolute atomic E-state index is 14.4. The van der Waals surface area contributed by atoms with Gasteiger partial charge in [0.05, 0.1) is 17.5 Å². The molecule has 4 atom stereocenters. The third-order valence-electron chi connectivity index (χ3n) is 7.26. The molecular formula is C22H26FN3O3. The summed E-state index contributed by atoms with van der Waals surface area (Å²) in [7, 11) is 0. The zero-order valence-corrected chi connectivity index (χ0v) is 16.4. The van der Waals surface area contributed by atoms with Gasteiger partial charge < -0.3 is 10.2 Å². The highest BCUT2D eigenvalue weighted by Crippen LogP contribution is 2.56. The molecule has 1 aromatic rings. The van der Waals surface area contributed by atoms with Crippen LogP contribution in [0.1, 0.15) is 38.5 Å². The Bertz CT molecular complexity index is 839. The molecule has 0 spiro atoms. The third-order valence-corrected chi connectivity index (χ3v) is 7.26. The molecule has 7 heteroatoms. The number of carbonyl (C=O) groups is 3. The van der Waals surface area contributed by atoms with Gasteiger partial charge in [-0.2, -0.15) is 0 Å². The lowest BCUT2D eigenvalue weighted by Gasteiger charge is -2.19. The highest BCUT2D eigenvalue weighted by Gasteiger charge is 2.60. The standard InChI is InChI=1S/C22H26FN3O3/c23-16-12-15(5-6-17(16)25-8-1-2-9-25)24-18(27)7-10-26-21(28)19-13-3-4-14(11-13)20(19)22(26)29/h5-6,12-14,19-20H,1-4,7-11H2,(H,24,27)/t13-,14-,19+,20+/m0/s1. The average Bonchev–Trinajstić information content (AvgIpc) is 3.47. The summed E-state index contributed by atoms with van der Waals surface area (Å²) in [6.07, 6.45) is 5.24. The van der Waals surface area contributed by atoms with Crippen LogP contribution < -0.4 is 10.2 Å². The number of halogens is 1. The first-order valence-corrected chi connectivity index (χ1v) is 10.7. The number of rotatable bonds is 5. The molecule has 2 saturated carbocycles. The number of anilines is 2. The van der Waals surface area contributed by atoms with Crippen molar-refractivity contribution in [2.75, 3.05) is 29.9 Å². The minimum Gasteiger partial charge on any atom is -0.369 e. The molecule has 29 heavy (non-hydrogen) atoms. The molecule has 2 aliphatic heterocycles. The van der Waals surface area contributed by atoms with Crippen LogP contribution in [0.2, 0.25) is 0 Å². The molecule has 2 saturated heterocycles. The SMILES string of the molecule is O=C(CCN1C(=O)[C@@H]2[C@H]3CC[C@@H](C3)[C@H]2C1=O)Nc1ccc(N2CCCC2)c(F)c1. The van der Waals surface area contributed by atoms with Gasteiger partial charge in [0.15, 0.2) is 0 Å². The second-order valence-corrected chi connectivity index (χ2v) is 8.87. The first-order valence-electron chi connectivity index (χ1n) is 10.7. The number of fused-ring (bicyclic) bond motifs is 5. The van der Waals surface area contributed by atoms with Crippen LogP contribution in [0.3, 0.4) is 0 Å². The summed E-state index contributed by atoms with van der Waals surface area (Å²) in [5, 5.41) is 2.69. The van der Waals surface area contributed by atoms with Gasteiger partial charge in [0.25, 0.3) is 0 Å². The maximum Gasteiger partial charge on any atom is 0.233 e. The zero-order chi connectivity index (χ0) is 20.1. The second-order valence-electron chi connectivity index (χ2n) is 8.87. The number of imide groups is 1. The highest BCUT2D eigenvalue weighted by atomic mass is 19.1.